The van der Waals surface area contributed by atoms with Gasteiger partial charge in [-0.25, -0.2) is 0 Å². The van der Waals surface area contributed by atoms with Gasteiger partial charge in [-0.3, -0.25) is 0 Å². The van der Waals surface area contributed by atoms with Crippen LogP contribution in [0.1, 0.15) is 0 Å². The van der Waals surface area contributed by atoms with Crippen LogP contribution >= 0.6 is 0 Å². The van der Waals surface area contributed by atoms with Crippen molar-refractivity contribution in [3.8, 4) is 0 Å². The summed E-state index contributed by atoms with van der Waals surface area (Å²) in [6, 6.07) is 21.3. The Morgan fingerprint density at radius 2 is 1.72 bits per heavy atom. The van der Waals surface area contributed by atoms with Gasteiger partial charge in [0, 0.05) is 13.2 Å². The van der Waals surface area contributed by atoms with E-state index >= 15 is 0 Å². The van der Waals surface area contributed by atoms with Gasteiger partial charge in [-0.05, 0) is 24.0 Å². The van der Waals surface area contributed by atoms with Crippen LogP contribution in [0.2, 0.25) is 0 Å². The van der Waals surface area contributed by atoms with Crippen LogP contribution in [0.15, 0.2) is 54.6 Å². The minimum atomic E-state index is -0.00542. The van der Waals surface area contributed by atoms with E-state index in [1.165, 1.54) is 5.46 Å². The van der Waals surface area contributed by atoms with Crippen LogP contribution in [0.25, 0.3) is 0 Å². The summed E-state index contributed by atoms with van der Waals surface area (Å²) in [4.78, 5) is 0. The van der Waals surface area contributed by atoms with E-state index in [4.69, 9.17) is 4.65 Å². The van der Waals surface area contributed by atoms with Crippen molar-refractivity contribution in [3.63, 3.8) is 0 Å². The number of hydrogen-bond donors (Lipinski definition) is 1. The maximum Gasteiger partial charge on any atom is 0.361 e. The van der Waals surface area contributed by atoms with Gasteiger partial charge in [-0.2, -0.15) is 0 Å². The van der Waals surface area contributed by atoms with Crippen molar-refractivity contribution in [3.05, 3.63) is 60.7 Å². The highest BCUT2D eigenvalue weighted by atomic mass is 16.4. The quantitative estimate of drug-likeness (QED) is 0.594. The third-order valence-corrected chi connectivity index (χ3v) is 2.79. The van der Waals surface area contributed by atoms with E-state index in [0.717, 1.165) is 12.0 Å². The minimum Gasteiger partial charge on any atom is -0.426 e. The molecule has 0 spiro atoms. The molecule has 1 radical (unpaired) electrons. The number of benzene rings is 2. The van der Waals surface area contributed by atoms with Crippen molar-refractivity contribution in [1.29, 1.82) is 0 Å². The topological polar surface area (TPSA) is 21.3 Å². The van der Waals surface area contributed by atoms with E-state index in [-0.39, 0.29) is 6.92 Å². The maximum absolute atomic E-state index is 5.98. The fourth-order valence-electron chi connectivity index (χ4n) is 1.87. The monoisotopic (exact) mass is 238 g/mol. The molecule has 0 heterocycles. The molecule has 0 aliphatic heterocycles. The van der Waals surface area contributed by atoms with Crippen molar-refractivity contribution in [2.75, 3.05) is 20.2 Å². The van der Waals surface area contributed by atoms with Gasteiger partial charge in [-0.1, -0.05) is 54.6 Å². The predicted molar refractivity (Wildman–Crippen MR) is 76.6 cm³/mol. The van der Waals surface area contributed by atoms with Crippen LogP contribution in [0, 0.1) is 6.07 Å². The van der Waals surface area contributed by atoms with Crippen LogP contribution < -0.4 is 16.2 Å². The third-order valence-electron chi connectivity index (χ3n) is 2.79. The smallest absolute Gasteiger partial charge is 0.361 e. The first kappa shape index (κ1) is 12.9. The van der Waals surface area contributed by atoms with Crippen molar-refractivity contribution >= 4 is 17.8 Å². The highest BCUT2D eigenvalue weighted by Crippen LogP contribution is 1.94. The number of likely N-dealkylation sites (N-methyl/N-ethyl adjacent to an activating group) is 1. The van der Waals surface area contributed by atoms with E-state index in [2.05, 4.69) is 35.6 Å². The predicted octanol–water partition coefficient (Wildman–Crippen LogP) is 0.828. The Bertz CT molecular complexity index is 407. The normalized spacial score (nSPS) is 10.3. The van der Waals surface area contributed by atoms with Crippen LogP contribution in [-0.2, 0) is 4.65 Å². The number of rotatable bonds is 6. The molecule has 18 heavy (non-hydrogen) atoms. The Labute approximate surface area is 109 Å². The molecule has 0 aromatic heterocycles. The molecule has 2 rings (SSSR count). The van der Waals surface area contributed by atoms with Gasteiger partial charge >= 0.3 is 6.92 Å². The summed E-state index contributed by atoms with van der Waals surface area (Å²) >= 11 is 0. The fourth-order valence-corrected chi connectivity index (χ4v) is 1.87. The highest BCUT2D eigenvalue weighted by Gasteiger charge is 2.20. The van der Waals surface area contributed by atoms with E-state index in [0.29, 0.717) is 6.61 Å². The first-order valence-corrected chi connectivity index (χ1v) is 6.19. The Balaban J connectivity index is 2.18. The van der Waals surface area contributed by atoms with Gasteiger partial charge in [0.15, 0.2) is 0 Å². The second-order valence-electron chi connectivity index (χ2n) is 4.10. The molecule has 1 N–H and O–H groups in total. The lowest BCUT2D eigenvalue weighted by atomic mass is 9.55. The Morgan fingerprint density at radius 3 is 2.39 bits per heavy atom. The zero-order valence-electron chi connectivity index (χ0n) is 10.6. The molecule has 0 unspecified atom stereocenters. The Kier molecular flexibility index (Phi) is 5.00. The second kappa shape index (κ2) is 6.99. The molecule has 2 aromatic carbocycles. The van der Waals surface area contributed by atoms with Gasteiger partial charge in [-0.15, -0.1) is 0 Å². The van der Waals surface area contributed by atoms with Crippen molar-refractivity contribution in [1.82, 2.24) is 5.32 Å². The van der Waals surface area contributed by atoms with Gasteiger partial charge in [0.05, 0.1) is 0 Å². The summed E-state index contributed by atoms with van der Waals surface area (Å²) in [7, 11) is 1.93. The van der Waals surface area contributed by atoms with E-state index < -0.39 is 0 Å². The van der Waals surface area contributed by atoms with E-state index in [1.807, 2.05) is 37.4 Å². The zero-order valence-corrected chi connectivity index (χ0v) is 10.6. The highest BCUT2D eigenvalue weighted by molar-refractivity contribution is 6.80. The Morgan fingerprint density at radius 1 is 1.06 bits per heavy atom. The van der Waals surface area contributed by atoms with Crippen molar-refractivity contribution in [2.45, 2.75) is 0 Å². The van der Waals surface area contributed by atoms with Crippen molar-refractivity contribution < 1.29 is 4.65 Å². The Hall–Kier alpha value is -1.58. The molecule has 0 bridgehead atoms. The minimum absolute atomic E-state index is 0.00542. The summed E-state index contributed by atoms with van der Waals surface area (Å²) < 4.78 is 5.98. The molecule has 0 saturated heterocycles. The van der Waals surface area contributed by atoms with Gasteiger partial charge in [0.25, 0.3) is 0 Å². The average molecular weight is 238 g/mol. The SMILES string of the molecule is CNCCOB(c1cc[c]cc1)c1ccccc1. The fraction of sp³-hybridized carbons (Fsp3) is 0.200. The van der Waals surface area contributed by atoms with Crippen LogP contribution in [0.3, 0.4) is 0 Å². The molecule has 0 saturated carbocycles. The lowest BCUT2D eigenvalue weighted by Gasteiger charge is -2.15. The molecule has 0 aliphatic rings. The lowest BCUT2D eigenvalue weighted by Crippen LogP contribution is -2.45. The van der Waals surface area contributed by atoms with Crippen molar-refractivity contribution in [2.24, 2.45) is 0 Å². The molecule has 3 heteroatoms. The summed E-state index contributed by atoms with van der Waals surface area (Å²) in [5.74, 6) is 0. The summed E-state index contributed by atoms with van der Waals surface area (Å²) in [5.41, 5.74) is 2.34. The number of nitrogens with one attached hydrogen (secondary N) is 1. The standard InChI is InChI=1S/C15H17BNO/c1-17-12-13-18-16(14-8-4-2-5-9-14)15-10-6-3-7-11-15/h2,4-11,17H,12-13H2,1H3. The molecular weight excluding hydrogens is 221 g/mol. The van der Waals surface area contributed by atoms with Gasteiger partial charge < -0.3 is 9.97 Å². The molecular formula is C15H17BNO. The molecule has 2 nitrogen and oxygen atoms in total. The van der Waals surface area contributed by atoms with Crippen LogP contribution in [-0.4, -0.2) is 27.1 Å². The summed E-state index contributed by atoms with van der Waals surface area (Å²) in [6.45, 7) is 1.53. The van der Waals surface area contributed by atoms with Gasteiger partial charge in [0.1, 0.15) is 0 Å². The van der Waals surface area contributed by atoms with Crippen LogP contribution in [0.5, 0.6) is 0 Å². The summed E-state index contributed by atoms with van der Waals surface area (Å²) in [6.07, 6.45) is 0. The van der Waals surface area contributed by atoms with Crippen LogP contribution in [0.4, 0.5) is 0 Å². The zero-order chi connectivity index (χ0) is 12.6. The molecule has 2 aromatic rings. The van der Waals surface area contributed by atoms with E-state index in [9.17, 15) is 0 Å². The molecule has 91 valence electrons. The lowest BCUT2D eigenvalue weighted by molar-refractivity contribution is 0.333. The van der Waals surface area contributed by atoms with E-state index in [1.54, 1.807) is 0 Å². The average Bonchev–Trinajstić information content (AvgIpc) is 2.46. The summed E-state index contributed by atoms with van der Waals surface area (Å²) in [5, 5.41) is 3.09. The second-order valence-corrected chi connectivity index (χ2v) is 4.10. The van der Waals surface area contributed by atoms with Gasteiger partial charge in [0.2, 0.25) is 0 Å². The maximum atomic E-state index is 5.98. The largest absolute Gasteiger partial charge is 0.426 e. The molecule has 0 amide bonds. The first-order valence-electron chi connectivity index (χ1n) is 6.19. The third kappa shape index (κ3) is 3.46. The molecule has 0 atom stereocenters. The number of hydrogen-bond acceptors (Lipinski definition) is 2. The molecule has 0 fully saturated rings. The molecule has 0 aliphatic carbocycles. The first-order chi connectivity index (χ1) is 8.92.